The number of rotatable bonds is 5. The van der Waals surface area contributed by atoms with Crippen molar-refractivity contribution in [1.29, 1.82) is 0 Å². The molecule has 1 heterocycles. The standard InChI is InChI=1S/C17H24F3N3O2.HI/c1-12-3-2-8-23(10-12)16(21)22-9-14(24)11-25-15-6-4-13(5-7-15)17(18,19)20;/h4-7,12,14,24H,2-3,8-11H2,1H3,(H2,21,22);1H. The van der Waals surface area contributed by atoms with E-state index in [1.54, 1.807) is 0 Å². The molecule has 0 radical (unpaired) electrons. The molecule has 1 aromatic rings. The minimum atomic E-state index is -4.38. The number of nitrogens with zero attached hydrogens (tertiary/aromatic N) is 2. The molecular formula is C17H25F3IN3O2. The first-order valence-electron chi connectivity index (χ1n) is 8.28. The minimum Gasteiger partial charge on any atom is -0.491 e. The van der Waals surface area contributed by atoms with E-state index in [1.807, 2.05) is 4.90 Å². The molecule has 0 spiro atoms. The molecule has 1 aliphatic heterocycles. The van der Waals surface area contributed by atoms with Gasteiger partial charge < -0.3 is 20.5 Å². The van der Waals surface area contributed by atoms with Crippen molar-refractivity contribution in [2.24, 2.45) is 16.6 Å². The van der Waals surface area contributed by atoms with Crippen molar-refractivity contribution in [3.63, 3.8) is 0 Å². The summed E-state index contributed by atoms with van der Waals surface area (Å²) in [4.78, 5) is 6.18. The molecule has 2 atom stereocenters. The third kappa shape index (κ3) is 7.18. The van der Waals surface area contributed by atoms with E-state index in [2.05, 4.69) is 11.9 Å². The van der Waals surface area contributed by atoms with E-state index in [-0.39, 0.29) is 42.9 Å². The van der Waals surface area contributed by atoms with Gasteiger partial charge in [0.1, 0.15) is 18.5 Å². The van der Waals surface area contributed by atoms with Crippen LogP contribution in [0, 0.1) is 5.92 Å². The van der Waals surface area contributed by atoms with Gasteiger partial charge in [-0.2, -0.15) is 13.2 Å². The van der Waals surface area contributed by atoms with Gasteiger partial charge in [-0.15, -0.1) is 24.0 Å². The van der Waals surface area contributed by atoms with Crippen molar-refractivity contribution < 1.29 is 23.0 Å². The maximum atomic E-state index is 12.5. The Morgan fingerprint density at radius 2 is 2.04 bits per heavy atom. The second-order valence-electron chi connectivity index (χ2n) is 6.38. The van der Waals surface area contributed by atoms with Crippen LogP contribution >= 0.6 is 24.0 Å². The molecule has 1 aromatic carbocycles. The number of piperidine rings is 1. The summed E-state index contributed by atoms with van der Waals surface area (Å²) in [5, 5.41) is 9.91. The number of likely N-dealkylation sites (tertiary alicyclic amines) is 1. The van der Waals surface area contributed by atoms with Gasteiger partial charge >= 0.3 is 6.18 Å². The zero-order valence-electron chi connectivity index (χ0n) is 14.6. The summed E-state index contributed by atoms with van der Waals surface area (Å²) in [5.74, 6) is 1.23. The molecule has 0 aromatic heterocycles. The number of alkyl halides is 3. The average Bonchev–Trinajstić information content (AvgIpc) is 2.57. The molecule has 5 nitrogen and oxygen atoms in total. The van der Waals surface area contributed by atoms with E-state index in [4.69, 9.17) is 10.5 Å². The summed E-state index contributed by atoms with van der Waals surface area (Å²) in [7, 11) is 0. The zero-order chi connectivity index (χ0) is 18.4. The minimum absolute atomic E-state index is 0. The number of aliphatic imine (C=N–C) groups is 1. The van der Waals surface area contributed by atoms with Gasteiger partial charge in [0.05, 0.1) is 12.1 Å². The molecular weight excluding hydrogens is 462 g/mol. The van der Waals surface area contributed by atoms with Gasteiger partial charge in [0, 0.05) is 13.1 Å². The molecule has 0 amide bonds. The number of benzene rings is 1. The predicted octanol–water partition coefficient (Wildman–Crippen LogP) is 3.11. The van der Waals surface area contributed by atoms with Crippen LogP contribution in [0.2, 0.25) is 0 Å². The second kappa shape index (κ2) is 10.2. The third-order valence-electron chi connectivity index (χ3n) is 4.07. The van der Waals surface area contributed by atoms with E-state index < -0.39 is 17.8 Å². The lowest BCUT2D eigenvalue weighted by atomic mass is 10.0. The highest BCUT2D eigenvalue weighted by Gasteiger charge is 2.30. The van der Waals surface area contributed by atoms with E-state index in [0.29, 0.717) is 11.9 Å². The molecule has 3 N–H and O–H groups in total. The van der Waals surface area contributed by atoms with Crippen molar-refractivity contribution in [1.82, 2.24) is 4.90 Å². The van der Waals surface area contributed by atoms with Crippen molar-refractivity contribution >= 4 is 29.9 Å². The maximum Gasteiger partial charge on any atom is 0.416 e. The van der Waals surface area contributed by atoms with Gasteiger partial charge in [-0.25, -0.2) is 0 Å². The quantitative estimate of drug-likeness (QED) is 0.381. The molecule has 0 aliphatic carbocycles. The summed E-state index contributed by atoms with van der Waals surface area (Å²) >= 11 is 0. The highest BCUT2D eigenvalue weighted by atomic mass is 127. The third-order valence-corrected chi connectivity index (χ3v) is 4.07. The Hall–Kier alpha value is -1.23. The van der Waals surface area contributed by atoms with E-state index in [9.17, 15) is 18.3 Å². The molecule has 0 bridgehead atoms. The van der Waals surface area contributed by atoms with Gasteiger partial charge in [-0.05, 0) is 43.0 Å². The molecule has 26 heavy (non-hydrogen) atoms. The largest absolute Gasteiger partial charge is 0.491 e. The Kier molecular flexibility index (Phi) is 8.94. The molecule has 1 aliphatic rings. The van der Waals surface area contributed by atoms with Gasteiger partial charge in [0.25, 0.3) is 0 Å². The Morgan fingerprint density at radius 1 is 1.38 bits per heavy atom. The second-order valence-corrected chi connectivity index (χ2v) is 6.38. The van der Waals surface area contributed by atoms with E-state index in [1.165, 1.54) is 18.6 Å². The summed E-state index contributed by atoms with van der Waals surface area (Å²) in [6.07, 6.45) is -3.02. The number of hydrogen-bond acceptors (Lipinski definition) is 3. The molecule has 148 valence electrons. The summed E-state index contributed by atoms with van der Waals surface area (Å²) in [6.45, 7) is 3.88. The molecule has 2 rings (SSSR count). The summed E-state index contributed by atoms with van der Waals surface area (Å²) < 4.78 is 42.7. The van der Waals surface area contributed by atoms with Gasteiger partial charge in [0.15, 0.2) is 5.96 Å². The van der Waals surface area contributed by atoms with Crippen LogP contribution < -0.4 is 10.5 Å². The molecule has 1 fully saturated rings. The van der Waals surface area contributed by atoms with Crippen LogP contribution in [0.1, 0.15) is 25.3 Å². The van der Waals surface area contributed by atoms with Crippen LogP contribution in [0.4, 0.5) is 13.2 Å². The number of nitrogens with two attached hydrogens (primary N) is 1. The van der Waals surface area contributed by atoms with Crippen LogP contribution in [-0.2, 0) is 6.18 Å². The molecule has 9 heteroatoms. The van der Waals surface area contributed by atoms with Gasteiger partial charge in [0.2, 0.25) is 0 Å². The normalized spacial score (nSPS) is 19.7. The van der Waals surface area contributed by atoms with Gasteiger partial charge in [-0.1, -0.05) is 6.92 Å². The number of ether oxygens (including phenoxy) is 1. The molecule has 1 saturated heterocycles. The lowest BCUT2D eigenvalue weighted by Crippen LogP contribution is -2.44. The first kappa shape index (κ1) is 22.8. The van der Waals surface area contributed by atoms with Crippen molar-refractivity contribution in [3.05, 3.63) is 29.8 Å². The van der Waals surface area contributed by atoms with Crippen molar-refractivity contribution in [3.8, 4) is 5.75 Å². The fraction of sp³-hybridized carbons (Fsp3) is 0.588. The first-order chi connectivity index (χ1) is 11.8. The molecule has 2 unspecified atom stereocenters. The maximum absolute atomic E-state index is 12.5. The van der Waals surface area contributed by atoms with Gasteiger partial charge in [-0.3, -0.25) is 4.99 Å². The molecule has 0 saturated carbocycles. The number of aliphatic hydroxyl groups excluding tert-OH is 1. The Labute approximate surface area is 168 Å². The fourth-order valence-electron chi connectivity index (χ4n) is 2.68. The van der Waals surface area contributed by atoms with Crippen molar-refractivity contribution in [2.45, 2.75) is 32.0 Å². The van der Waals surface area contributed by atoms with Crippen LogP contribution in [-0.4, -0.2) is 48.3 Å². The highest BCUT2D eigenvalue weighted by molar-refractivity contribution is 14.0. The SMILES string of the molecule is CC1CCCN(C(N)=NCC(O)COc2ccc(C(F)(F)F)cc2)C1.I. The summed E-state index contributed by atoms with van der Waals surface area (Å²) in [5.41, 5.74) is 5.20. The fourth-order valence-corrected chi connectivity index (χ4v) is 2.68. The number of guanidine groups is 1. The predicted molar refractivity (Wildman–Crippen MR) is 105 cm³/mol. The first-order valence-corrected chi connectivity index (χ1v) is 8.28. The van der Waals surface area contributed by atoms with Crippen LogP contribution in [0.25, 0.3) is 0 Å². The number of hydrogen-bond donors (Lipinski definition) is 2. The Balaban J connectivity index is 0.00000338. The number of halogens is 4. The lowest BCUT2D eigenvalue weighted by molar-refractivity contribution is -0.137. The monoisotopic (exact) mass is 487 g/mol. The zero-order valence-corrected chi connectivity index (χ0v) is 16.9. The topological polar surface area (TPSA) is 71.1 Å². The lowest BCUT2D eigenvalue weighted by Gasteiger charge is -2.31. The summed E-state index contributed by atoms with van der Waals surface area (Å²) in [6, 6.07) is 4.33. The van der Waals surface area contributed by atoms with Crippen molar-refractivity contribution in [2.75, 3.05) is 26.2 Å². The highest BCUT2D eigenvalue weighted by Crippen LogP contribution is 2.30. The van der Waals surface area contributed by atoms with Crippen LogP contribution in [0.15, 0.2) is 29.3 Å². The smallest absolute Gasteiger partial charge is 0.416 e. The van der Waals surface area contributed by atoms with Crippen LogP contribution in [0.3, 0.4) is 0 Å². The van der Waals surface area contributed by atoms with E-state index in [0.717, 1.165) is 31.6 Å². The Bertz CT molecular complexity index is 582. The van der Waals surface area contributed by atoms with E-state index >= 15 is 0 Å². The average molecular weight is 487 g/mol. The Morgan fingerprint density at radius 3 is 2.62 bits per heavy atom. The van der Waals surface area contributed by atoms with Crippen LogP contribution in [0.5, 0.6) is 5.75 Å². The number of aliphatic hydroxyl groups is 1.